The summed E-state index contributed by atoms with van der Waals surface area (Å²) in [5, 5.41) is 22.1. The van der Waals surface area contributed by atoms with E-state index in [0.717, 1.165) is 11.1 Å². The van der Waals surface area contributed by atoms with Crippen LogP contribution >= 0.6 is 0 Å². The minimum atomic E-state index is -1.22. The summed E-state index contributed by atoms with van der Waals surface area (Å²) < 4.78 is 9.27. The summed E-state index contributed by atoms with van der Waals surface area (Å²) in [6.07, 6.45) is -0.547. The molecule has 0 fully saturated rings. The molecular weight excluding hydrogens is 552 g/mol. The first-order valence-electron chi connectivity index (χ1n) is 12.7. The monoisotopic (exact) mass is 588 g/mol. The predicted octanol–water partition coefficient (Wildman–Crippen LogP) is -0.622. The van der Waals surface area contributed by atoms with Gasteiger partial charge in [-0.25, -0.2) is 9.59 Å². The number of esters is 2. The molecule has 0 aliphatic heterocycles. The van der Waals surface area contributed by atoms with E-state index in [-0.39, 0.29) is 12.8 Å². The van der Waals surface area contributed by atoms with Gasteiger partial charge in [0.1, 0.15) is 12.1 Å². The van der Waals surface area contributed by atoms with Crippen molar-refractivity contribution in [2.75, 3.05) is 14.2 Å². The van der Waals surface area contributed by atoms with Crippen LogP contribution in [0.25, 0.3) is 0 Å². The van der Waals surface area contributed by atoms with Gasteiger partial charge >= 0.3 is 23.9 Å². The lowest BCUT2D eigenvalue weighted by atomic mass is 10.1. The number of carbonyl (C=O) groups excluding carboxylic acids is 4. The highest BCUT2D eigenvalue weighted by molar-refractivity contribution is 5.90. The van der Waals surface area contributed by atoms with Gasteiger partial charge in [0, 0.05) is 12.8 Å². The van der Waals surface area contributed by atoms with Crippen LogP contribution in [0.3, 0.4) is 0 Å². The Bertz CT molecular complexity index is 1100. The van der Waals surface area contributed by atoms with Gasteiger partial charge in [0.05, 0.1) is 39.1 Å². The van der Waals surface area contributed by atoms with Gasteiger partial charge < -0.3 is 41.8 Å². The quantitative estimate of drug-likeness (QED) is 0.151. The first-order valence-corrected chi connectivity index (χ1v) is 12.7. The molecular formula is C28H36N4O10. The molecule has 0 bridgehead atoms. The number of nitrogens with one attached hydrogen (secondary N) is 2. The fraction of sp³-hybridized carbons (Fsp3) is 0.357. The molecule has 0 saturated heterocycles. The lowest BCUT2D eigenvalue weighted by Crippen LogP contribution is -2.50. The van der Waals surface area contributed by atoms with Crippen LogP contribution in [-0.4, -0.2) is 84.3 Å². The standard InChI is InChI=1S/2C14H18N2O5/c2*1-21-14(20)11(7-9-5-3-2-4-6-9)16-13(19)10(15)8-12(17)18/h2*2-6,10-11H,7-8,15H2,1H3,(H,16,19)(H,17,18). The number of amides is 2. The van der Waals surface area contributed by atoms with Crippen LogP contribution in [0, 0.1) is 0 Å². The van der Waals surface area contributed by atoms with E-state index in [4.69, 9.17) is 21.7 Å². The normalized spacial score (nSPS) is 13.0. The van der Waals surface area contributed by atoms with Crippen LogP contribution in [0.2, 0.25) is 0 Å². The summed E-state index contributed by atoms with van der Waals surface area (Å²) in [6.45, 7) is 0. The number of carboxylic acid groups (broad SMARTS) is 2. The van der Waals surface area contributed by atoms with Crippen molar-refractivity contribution in [2.45, 2.75) is 49.9 Å². The summed E-state index contributed by atoms with van der Waals surface area (Å²) >= 11 is 0. The maximum atomic E-state index is 11.8. The number of aliphatic carboxylic acids is 2. The zero-order chi connectivity index (χ0) is 31.7. The average Bonchev–Trinajstić information content (AvgIpc) is 2.96. The van der Waals surface area contributed by atoms with Gasteiger partial charge in [0.25, 0.3) is 0 Å². The van der Waals surface area contributed by atoms with Crippen LogP contribution < -0.4 is 22.1 Å². The van der Waals surface area contributed by atoms with Crippen molar-refractivity contribution in [3.63, 3.8) is 0 Å². The molecule has 2 aromatic rings. The molecule has 2 rings (SSSR count). The van der Waals surface area contributed by atoms with E-state index in [1.807, 2.05) is 36.4 Å². The molecule has 42 heavy (non-hydrogen) atoms. The van der Waals surface area contributed by atoms with Crippen molar-refractivity contribution in [1.29, 1.82) is 0 Å². The second kappa shape index (κ2) is 18.5. The molecule has 228 valence electrons. The summed E-state index contributed by atoms with van der Waals surface area (Å²) in [5.74, 6) is -5.01. The van der Waals surface area contributed by atoms with Crippen molar-refractivity contribution >= 4 is 35.7 Å². The number of hydrogen-bond acceptors (Lipinski definition) is 10. The predicted molar refractivity (Wildman–Crippen MR) is 149 cm³/mol. The SMILES string of the molecule is COC(=O)C(Cc1ccccc1)NC(=O)C(N)CC(=O)O.COC(=O)C(Cc1ccccc1)NC(=O)C(N)CC(=O)O. The summed E-state index contributed by atoms with van der Waals surface area (Å²) in [4.78, 5) is 68.0. The molecule has 14 nitrogen and oxygen atoms in total. The van der Waals surface area contributed by atoms with E-state index in [9.17, 15) is 28.8 Å². The number of hydrogen-bond donors (Lipinski definition) is 6. The van der Waals surface area contributed by atoms with E-state index in [0.29, 0.717) is 0 Å². The number of ether oxygens (including phenoxy) is 2. The van der Waals surface area contributed by atoms with E-state index in [1.54, 1.807) is 24.3 Å². The van der Waals surface area contributed by atoms with Crippen molar-refractivity contribution in [1.82, 2.24) is 10.6 Å². The Kier molecular flexibility index (Phi) is 15.5. The highest BCUT2D eigenvalue weighted by Gasteiger charge is 2.27. The molecule has 0 radical (unpaired) electrons. The van der Waals surface area contributed by atoms with Crippen LogP contribution in [0.1, 0.15) is 24.0 Å². The van der Waals surface area contributed by atoms with Gasteiger partial charge in [-0.1, -0.05) is 60.7 Å². The Balaban J connectivity index is 0.000000420. The molecule has 0 spiro atoms. The third-order valence-electron chi connectivity index (χ3n) is 5.63. The van der Waals surface area contributed by atoms with Crippen LogP contribution in [-0.2, 0) is 51.1 Å². The van der Waals surface area contributed by atoms with Crippen LogP contribution in [0.5, 0.6) is 0 Å². The van der Waals surface area contributed by atoms with Gasteiger partial charge in [-0.2, -0.15) is 0 Å². The van der Waals surface area contributed by atoms with Crippen LogP contribution in [0.15, 0.2) is 60.7 Å². The second-order valence-corrected chi connectivity index (χ2v) is 8.96. The van der Waals surface area contributed by atoms with Crippen molar-refractivity contribution < 1.29 is 48.5 Å². The Morgan fingerprint density at radius 2 is 0.952 bits per heavy atom. The van der Waals surface area contributed by atoms with Crippen molar-refractivity contribution in [3.8, 4) is 0 Å². The lowest BCUT2D eigenvalue weighted by molar-refractivity contribution is -0.146. The zero-order valence-corrected chi connectivity index (χ0v) is 23.2. The first kappa shape index (κ1) is 35.2. The van der Waals surface area contributed by atoms with E-state index < -0.39 is 72.7 Å². The Morgan fingerprint density at radius 1 is 0.643 bits per heavy atom. The number of rotatable bonds is 14. The fourth-order valence-electron chi connectivity index (χ4n) is 3.49. The maximum absolute atomic E-state index is 11.8. The summed E-state index contributed by atoms with van der Waals surface area (Å²) in [5.41, 5.74) is 12.6. The van der Waals surface area contributed by atoms with Gasteiger partial charge in [-0.05, 0) is 11.1 Å². The number of carbonyl (C=O) groups is 6. The highest BCUT2D eigenvalue weighted by Crippen LogP contribution is 2.06. The zero-order valence-electron chi connectivity index (χ0n) is 23.2. The second-order valence-electron chi connectivity index (χ2n) is 8.96. The minimum absolute atomic E-state index is 0.235. The lowest BCUT2D eigenvalue weighted by Gasteiger charge is -2.18. The molecule has 4 atom stereocenters. The molecule has 0 aromatic heterocycles. The molecule has 0 aliphatic carbocycles. The Hall–Kier alpha value is -4.82. The van der Waals surface area contributed by atoms with Gasteiger partial charge in [0.2, 0.25) is 11.8 Å². The highest BCUT2D eigenvalue weighted by atomic mass is 16.5. The summed E-state index contributed by atoms with van der Waals surface area (Å²) in [6, 6.07) is 13.9. The van der Waals surface area contributed by atoms with E-state index >= 15 is 0 Å². The topological polar surface area (TPSA) is 237 Å². The molecule has 2 aromatic carbocycles. The molecule has 0 saturated carbocycles. The molecule has 2 amide bonds. The van der Waals surface area contributed by atoms with Crippen molar-refractivity contribution in [3.05, 3.63) is 71.8 Å². The largest absolute Gasteiger partial charge is 0.481 e. The van der Waals surface area contributed by atoms with E-state index in [1.165, 1.54) is 14.2 Å². The van der Waals surface area contributed by atoms with E-state index in [2.05, 4.69) is 20.1 Å². The van der Waals surface area contributed by atoms with Gasteiger partial charge in [-0.15, -0.1) is 0 Å². The molecule has 0 aliphatic rings. The number of benzene rings is 2. The molecule has 0 heterocycles. The fourth-order valence-corrected chi connectivity index (χ4v) is 3.49. The molecule has 14 heteroatoms. The minimum Gasteiger partial charge on any atom is -0.481 e. The smallest absolute Gasteiger partial charge is 0.328 e. The summed E-state index contributed by atoms with van der Waals surface area (Å²) in [7, 11) is 2.42. The Morgan fingerprint density at radius 3 is 1.21 bits per heavy atom. The third-order valence-corrected chi connectivity index (χ3v) is 5.63. The molecule has 8 N–H and O–H groups in total. The first-order chi connectivity index (χ1) is 19.9. The van der Waals surface area contributed by atoms with Gasteiger partial charge in [-0.3, -0.25) is 19.2 Å². The maximum Gasteiger partial charge on any atom is 0.328 e. The number of carboxylic acids is 2. The Labute approximate surface area is 242 Å². The number of nitrogens with two attached hydrogens (primary N) is 2. The van der Waals surface area contributed by atoms with Crippen LogP contribution in [0.4, 0.5) is 0 Å². The van der Waals surface area contributed by atoms with Gasteiger partial charge in [0.15, 0.2) is 0 Å². The third kappa shape index (κ3) is 13.5. The molecule has 4 unspecified atom stereocenters. The number of methoxy groups -OCH3 is 2. The van der Waals surface area contributed by atoms with Crippen molar-refractivity contribution in [2.24, 2.45) is 11.5 Å². The average molecular weight is 589 g/mol.